The first-order valence-electron chi connectivity index (χ1n) is 8.23. The molecular weight excluding hydrogens is 314 g/mol. The Morgan fingerprint density at radius 2 is 1.58 bits per heavy atom. The van der Waals surface area contributed by atoms with Gasteiger partial charge in [0.2, 0.25) is 11.8 Å². The van der Waals surface area contributed by atoms with Crippen molar-refractivity contribution in [2.75, 3.05) is 13.1 Å². The van der Waals surface area contributed by atoms with Crippen molar-refractivity contribution in [1.29, 1.82) is 0 Å². The molecule has 0 aliphatic rings. The van der Waals surface area contributed by atoms with Crippen molar-refractivity contribution < 1.29 is 19.5 Å². The lowest BCUT2D eigenvalue weighted by atomic mass is 10.0. The maximum Gasteiger partial charge on any atom is 0.326 e. The van der Waals surface area contributed by atoms with Crippen molar-refractivity contribution >= 4 is 17.8 Å². The summed E-state index contributed by atoms with van der Waals surface area (Å²) in [6.07, 6.45) is 1.85. The summed E-state index contributed by atoms with van der Waals surface area (Å²) in [6, 6.07) is -2.68. The number of aliphatic carboxylic acids is 1. The summed E-state index contributed by atoms with van der Waals surface area (Å²) in [4.78, 5) is 35.6. The maximum absolute atomic E-state index is 12.4. The van der Waals surface area contributed by atoms with Crippen molar-refractivity contribution in [3.63, 3.8) is 0 Å². The van der Waals surface area contributed by atoms with Gasteiger partial charge in [-0.1, -0.05) is 13.8 Å². The molecule has 9 nitrogen and oxygen atoms in total. The van der Waals surface area contributed by atoms with E-state index in [0.29, 0.717) is 25.8 Å². The first kappa shape index (κ1) is 22.3. The molecule has 0 heterocycles. The summed E-state index contributed by atoms with van der Waals surface area (Å²) in [5.41, 5.74) is 16.4. The van der Waals surface area contributed by atoms with Gasteiger partial charge >= 0.3 is 5.97 Å². The van der Waals surface area contributed by atoms with Crippen LogP contribution >= 0.6 is 0 Å². The Morgan fingerprint density at radius 3 is 2.04 bits per heavy atom. The SMILES string of the molecule is CC(C)[C@H](NC(=O)[C@@H](N)CCN)C(=O)N[C@@H](CCCCN)C(=O)O. The molecule has 3 atom stereocenters. The van der Waals surface area contributed by atoms with Crippen LogP contribution < -0.4 is 27.8 Å². The van der Waals surface area contributed by atoms with Gasteiger partial charge in [0, 0.05) is 0 Å². The molecule has 0 saturated heterocycles. The number of nitrogens with one attached hydrogen (secondary N) is 2. The number of hydrogen-bond donors (Lipinski definition) is 6. The molecule has 0 rings (SSSR count). The standard InChI is InChI=1S/C15H31N5O4/c1-9(2)12(20-13(21)10(18)6-8-17)14(22)19-11(15(23)24)5-3-4-7-16/h9-12H,3-8,16-18H2,1-2H3,(H,19,22)(H,20,21)(H,23,24)/t10-,11-,12-/m0/s1. The smallest absolute Gasteiger partial charge is 0.326 e. The third kappa shape index (κ3) is 8.23. The Hall–Kier alpha value is -1.71. The van der Waals surface area contributed by atoms with Gasteiger partial charge in [0.15, 0.2) is 0 Å². The largest absolute Gasteiger partial charge is 0.480 e. The number of hydrogen-bond acceptors (Lipinski definition) is 6. The van der Waals surface area contributed by atoms with Crippen LogP contribution in [0.2, 0.25) is 0 Å². The highest BCUT2D eigenvalue weighted by atomic mass is 16.4. The first-order chi connectivity index (χ1) is 11.2. The highest BCUT2D eigenvalue weighted by Crippen LogP contribution is 2.06. The van der Waals surface area contributed by atoms with Gasteiger partial charge in [-0.3, -0.25) is 9.59 Å². The van der Waals surface area contributed by atoms with Crippen LogP contribution in [0.15, 0.2) is 0 Å². The van der Waals surface area contributed by atoms with Crippen LogP contribution in [0.3, 0.4) is 0 Å². The number of carbonyl (C=O) groups is 3. The van der Waals surface area contributed by atoms with Gasteiger partial charge in [-0.2, -0.15) is 0 Å². The third-order valence-corrected chi connectivity index (χ3v) is 3.62. The summed E-state index contributed by atoms with van der Waals surface area (Å²) in [6.45, 7) is 4.23. The zero-order valence-electron chi connectivity index (χ0n) is 14.5. The van der Waals surface area contributed by atoms with E-state index in [-0.39, 0.29) is 18.9 Å². The second-order valence-corrected chi connectivity index (χ2v) is 6.10. The van der Waals surface area contributed by atoms with E-state index in [2.05, 4.69) is 10.6 Å². The molecule has 9 heteroatoms. The van der Waals surface area contributed by atoms with E-state index < -0.39 is 35.9 Å². The minimum Gasteiger partial charge on any atom is -0.480 e. The van der Waals surface area contributed by atoms with Crippen LogP contribution in [-0.2, 0) is 14.4 Å². The number of unbranched alkanes of at least 4 members (excludes halogenated alkanes) is 1. The van der Waals surface area contributed by atoms with E-state index in [4.69, 9.17) is 17.2 Å². The quantitative estimate of drug-likeness (QED) is 0.233. The summed E-state index contributed by atoms with van der Waals surface area (Å²) < 4.78 is 0. The van der Waals surface area contributed by atoms with Gasteiger partial charge in [-0.15, -0.1) is 0 Å². The molecule has 24 heavy (non-hydrogen) atoms. The van der Waals surface area contributed by atoms with Crippen LogP contribution in [0.1, 0.15) is 39.5 Å². The molecular formula is C15H31N5O4. The Bertz CT molecular complexity index is 417. The molecule has 2 amide bonds. The van der Waals surface area contributed by atoms with Crippen molar-refractivity contribution in [2.45, 2.75) is 57.7 Å². The fourth-order valence-corrected chi connectivity index (χ4v) is 2.12. The highest BCUT2D eigenvalue weighted by molar-refractivity contribution is 5.91. The van der Waals surface area contributed by atoms with E-state index in [1.54, 1.807) is 13.8 Å². The predicted molar refractivity (Wildman–Crippen MR) is 90.9 cm³/mol. The van der Waals surface area contributed by atoms with Gasteiger partial charge < -0.3 is 32.9 Å². The van der Waals surface area contributed by atoms with Crippen LogP contribution in [0.25, 0.3) is 0 Å². The summed E-state index contributed by atoms with van der Waals surface area (Å²) >= 11 is 0. The average molecular weight is 345 g/mol. The van der Waals surface area contributed by atoms with Gasteiger partial charge in [-0.05, 0) is 44.7 Å². The molecule has 0 radical (unpaired) electrons. The number of carboxylic acids is 1. The highest BCUT2D eigenvalue weighted by Gasteiger charge is 2.29. The van der Waals surface area contributed by atoms with Crippen molar-refractivity contribution in [1.82, 2.24) is 10.6 Å². The van der Waals surface area contributed by atoms with Crippen molar-refractivity contribution in [2.24, 2.45) is 23.1 Å². The molecule has 0 spiro atoms. The van der Waals surface area contributed by atoms with Gasteiger partial charge in [0.1, 0.15) is 12.1 Å². The van der Waals surface area contributed by atoms with Gasteiger partial charge in [-0.25, -0.2) is 4.79 Å². The van der Waals surface area contributed by atoms with E-state index >= 15 is 0 Å². The molecule has 0 fully saturated rings. The van der Waals surface area contributed by atoms with Crippen LogP contribution in [0.4, 0.5) is 0 Å². The molecule has 0 aromatic rings. The molecule has 0 saturated carbocycles. The van der Waals surface area contributed by atoms with E-state index in [1.165, 1.54) is 0 Å². The number of nitrogens with two attached hydrogens (primary N) is 3. The second kappa shape index (κ2) is 11.8. The lowest BCUT2D eigenvalue weighted by molar-refractivity contribution is -0.142. The van der Waals surface area contributed by atoms with Crippen LogP contribution in [-0.4, -0.2) is 54.1 Å². The molecule has 0 aromatic carbocycles. The minimum absolute atomic E-state index is 0.225. The van der Waals surface area contributed by atoms with Gasteiger partial charge in [0.25, 0.3) is 0 Å². The fourth-order valence-electron chi connectivity index (χ4n) is 2.12. The normalized spacial score (nSPS) is 14.8. The summed E-state index contributed by atoms with van der Waals surface area (Å²) in [7, 11) is 0. The lowest BCUT2D eigenvalue weighted by Gasteiger charge is -2.25. The number of rotatable bonds is 12. The topological polar surface area (TPSA) is 174 Å². The molecule has 9 N–H and O–H groups in total. The predicted octanol–water partition coefficient (Wildman–Crippen LogP) is -1.50. The lowest BCUT2D eigenvalue weighted by Crippen LogP contribution is -2.56. The molecule has 0 unspecified atom stereocenters. The summed E-state index contributed by atoms with van der Waals surface area (Å²) in [5.74, 6) is -2.37. The van der Waals surface area contributed by atoms with Gasteiger partial charge in [0.05, 0.1) is 6.04 Å². The zero-order chi connectivity index (χ0) is 18.7. The van der Waals surface area contributed by atoms with E-state index in [1.807, 2.05) is 0 Å². The Kier molecular flexibility index (Phi) is 10.9. The fraction of sp³-hybridized carbons (Fsp3) is 0.800. The van der Waals surface area contributed by atoms with Crippen LogP contribution in [0, 0.1) is 5.92 Å². The third-order valence-electron chi connectivity index (χ3n) is 3.62. The molecule has 140 valence electrons. The van der Waals surface area contributed by atoms with E-state index in [9.17, 15) is 19.5 Å². The van der Waals surface area contributed by atoms with Crippen molar-refractivity contribution in [3.05, 3.63) is 0 Å². The molecule has 0 aliphatic carbocycles. The minimum atomic E-state index is -1.12. The Labute approximate surface area is 142 Å². The molecule has 0 aliphatic heterocycles. The molecule has 0 aromatic heterocycles. The Morgan fingerprint density at radius 1 is 0.958 bits per heavy atom. The summed E-state index contributed by atoms with van der Waals surface area (Å²) in [5, 5.41) is 14.3. The second-order valence-electron chi connectivity index (χ2n) is 6.10. The monoisotopic (exact) mass is 345 g/mol. The number of amides is 2. The van der Waals surface area contributed by atoms with E-state index in [0.717, 1.165) is 0 Å². The Balaban J connectivity index is 4.82. The number of carboxylic acid groups (broad SMARTS) is 1. The maximum atomic E-state index is 12.4. The number of carbonyl (C=O) groups excluding carboxylic acids is 2. The van der Waals surface area contributed by atoms with Crippen molar-refractivity contribution in [3.8, 4) is 0 Å². The zero-order valence-corrected chi connectivity index (χ0v) is 14.5. The average Bonchev–Trinajstić information content (AvgIpc) is 2.50. The van der Waals surface area contributed by atoms with Crippen LogP contribution in [0.5, 0.6) is 0 Å². The first-order valence-corrected chi connectivity index (χ1v) is 8.23. The molecule has 0 bridgehead atoms.